The van der Waals surface area contributed by atoms with Crippen LogP contribution in [0.25, 0.3) is 0 Å². The Morgan fingerprint density at radius 2 is 2.05 bits per heavy atom. The highest BCUT2D eigenvalue weighted by Gasteiger charge is 2.03. The van der Waals surface area contributed by atoms with Crippen LogP contribution in [0.5, 0.6) is 0 Å². The molecule has 1 nitrogen and oxygen atoms in total. The first-order valence-electron chi connectivity index (χ1n) is 6.89. The zero-order valence-electron chi connectivity index (χ0n) is 12.8. The van der Waals surface area contributed by atoms with Gasteiger partial charge >= 0.3 is 0 Å². The summed E-state index contributed by atoms with van der Waals surface area (Å²) in [6.45, 7) is 9.54. The van der Waals surface area contributed by atoms with Crippen LogP contribution in [0.2, 0.25) is 0 Å². The lowest BCUT2D eigenvalue weighted by atomic mass is 10.0. The Morgan fingerprint density at radius 1 is 1.37 bits per heavy atom. The van der Waals surface area contributed by atoms with Crippen molar-refractivity contribution in [1.29, 1.82) is 0 Å². The molecule has 0 bridgehead atoms. The van der Waals surface area contributed by atoms with Crippen molar-refractivity contribution in [3.8, 4) is 0 Å². The molecule has 0 aliphatic rings. The number of benzene rings is 1. The molecule has 0 saturated carbocycles. The molecule has 2 heteroatoms. The molecule has 0 spiro atoms. The average molecular weight is 277 g/mol. The van der Waals surface area contributed by atoms with Gasteiger partial charge in [-0.05, 0) is 62.6 Å². The Morgan fingerprint density at radius 3 is 2.63 bits per heavy atom. The predicted octanol–water partition coefficient (Wildman–Crippen LogP) is 4.47. The Hall–Kier alpha value is -1.02. The molecule has 106 valence electrons. The Kier molecular flexibility index (Phi) is 6.36. The maximum atomic E-state index is 4.14. The Bertz CT molecular complexity index is 462. The van der Waals surface area contributed by atoms with Gasteiger partial charge in [-0.1, -0.05) is 18.5 Å². The summed E-state index contributed by atoms with van der Waals surface area (Å²) in [5.74, 6) is 4.13. The van der Waals surface area contributed by atoms with E-state index in [4.69, 9.17) is 0 Å². The smallest absolute Gasteiger partial charge is 0.0143 e. The molecular formula is C17H27NS. The fraction of sp³-hybridized carbons (Fsp3) is 0.471. The number of rotatable bonds is 7. The molecule has 1 aromatic rings. The highest BCUT2D eigenvalue weighted by molar-refractivity contribution is 8.13. The van der Waals surface area contributed by atoms with Crippen LogP contribution in [0.3, 0.4) is 0 Å². The number of hydrogen-bond acceptors (Lipinski definition) is 1. The van der Waals surface area contributed by atoms with Crippen LogP contribution < -0.4 is 0 Å². The van der Waals surface area contributed by atoms with Gasteiger partial charge in [-0.3, -0.25) is 0 Å². The topological polar surface area (TPSA) is 3.24 Å². The fourth-order valence-electron chi connectivity index (χ4n) is 2.03. The van der Waals surface area contributed by atoms with Crippen molar-refractivity contribution in [1.82, 2.24) is 4.90 Å². The van der Waals surface area contributed by atoms with E-state index in [1.54, 1.807) is 0 Å². The lowest BCUT2D eigenvalue weighted by molar-refractivity contribution is 0.421. The van der Waals surface area contributed by atoms with Crippen LogP contribution in [0.4, 0.5) is 0 Å². The van der Waals surface area contributed by atoms with Gasteiger partial charge in [0.2, 0.25) is 0 Å². The fourth-order valence-corrected chi connectivity index (χ4v) is 2.68. The molecule has 0 saturated heterocycles. The van der Waals surface area contributed by atoms with Gasteiger partial charge in [-0.15, -0.1) is 0 Å². The van der Waals surface area contributed by atoms with Crippen LogP contribution in [0.15, 0.2) is 35.4 Å². The van der Waals surface area contributed by atoms with E-state index < -0.39 is 0 Å². The minimum atomic E-state index is 0.104. The minimum absolute atomic E-state index is 0.104. The SMILES string of the molecule is C=C(CCCc1cc(S(=C)C)ccc1C)N(C)CC. The van der Waals surface area contributed by atoms with Gasteiger partial charge in [-0.2, -0.15) is 10.5 Å². The standard InChI is InChI=1S/C17H27NS/c1-7-18(4)15(3)9-8-10-16-13-17(19(5)6)12-11-14(16)2/h11-13H,3,5,7-10H2,1-2,4,6H3. The van der Waals surface area contributed by atoms with Gasteiger partial charge in [0.1, 0.15) is 0 Å². The van der Waals surface area contributed by atoms with Crippen LogP contribution in [0, 0.1) is 6.92 Å². The lowest BCUT2D eigenvalue weighted by Crippen LogP contribution is -2.16. The normalized spacial score (nSPS) is 12.2. The van der Waals surface area contributed by atoms with Crippen LogP contribution in [-0.4, -0.2) is 30.6 Å². The van der Waals surface area contributed by atoms with E-state index >= 15 is 0 Å². The molecule has 0 aromatic heterocycles. The summed E-state index contributed by atoms with van der Waals surface area (Å²) in [6.07, 6.45) is 5.55. The molecule has 0 fully saturated rings. The van der Waals surface area contributed by atoms with Crippen molar-refractivity contribution in [2.75, 3.05) is 19.8 Å². The summed E-state index contributed by atoms with van der Waals surface area (Å²) in [6, 6.07) is 6.77. The third kappa shape index (κ3) is 4.87. The van der Waals surface area contributed by atoms with E-state index in [9.17, 15) is 0 Å². The number of hydrogen-bond donors (Lipinski definition) is 0. The van der Waals surface area contributed by atoms with Crippen LogP contribution >= 0.6 is 10.5 Å². The first kappa shape index (κ1) is 16.0. The van der Waals surface area contributed by atoms with Crippen molar-refractivity contribution in [2.45, 2.75) is 38.0 Å². The first-order chi connectivity index (χ1) is 8.95. The molecule has 0 aliphatic carbocycles. The number of nitrogens with zero attached hydrogens (tertiary/aromatic N) is 1. The first-order valence-corrected chi connectivity index (χ1v) is 8.70. The maximum Gasteiger partial charge on any atom is 0.0143 e. The summed E-state index contributed by atoms with van der Waals surface area (Å²) in [5.41, 5.74) is 4.10. The largest absolute Gasteiger partial charge is 0.379 e. The number of aryl methyl sites for hydroxylation is 2. The molecule has 0 amide bonds. The summed E-state index contributed by atoms with van der Waals surface area (Å²) < 4.78 is 0. The van der Waals surface area contributed by atoms with Gasteiger partial charge in [0.15, 0.2) is 0 Å². The number of allylic oxidation sites excluding steroid dienone is 1. The molecular weight excluding hydrogens is 250 g/mol. The lowest BCUT2D eigenvalue weighted by Gasteiger charge is -2.19. The molecule has 1 atom stereocenters. The molecule has 19 heavy (non-hydrogen) atoms. The van der Waals surface area contributed by atoms with Crippen LogP contribution in [0.1, 0.15) is 30.9 Å². The van der Waals surface area contributed by atoms with Gasteiger partial charge in [0, 0.05) is 24.2 Å². The van der Waals surface area contributed by atoms with E-state index in [0.29, 0.717) is 0 Å². The van der Waals surface area contributed by atoms with Crippen molar-refractivity contribution in [2.24, 2.45) is 0 Å². The van der Waals surface area contributed by atoms with Crippen molar-refractivity contribution >= 4 is 16.4 Å². The Balaban J connectivity index is 2.60. The monoisotopic (exact) mass is 277 g/mol. The van der Waals surface area contributed by atoms with Gasteiger partial charge in [0.25, 0.3) is 0 Å². The summed E-state index contributed by atoms with van der Waals surface area (Å²) in [7, 11) is 2.21. The molecule has 1 unspecified atom stereocenters. The quantitative estimate of drug-likeness (QED) is 0.665. The summed E-state index contributed by atoms with van der Waals surface area (Å²) in [5, 5.41) is 0. The summed E-state index contributed by atoms with van der Waals surface area (Å²) in [4.78, 5) is 3.59. The molecule has 0 N–H and O–H groups in total. The van der Waals surface area contributed by atoms with Crippen molar-refractivity contribution < 1.29 is 0 Å². The van der Waals surface area contributed by atoms with Crippen LogP contribution in [-0.2, 0) is 6.42 Å². The zero-order chi connectivity index (χ0) is 14.4. The molecule has 1 aromatic carbocycles. The average Bonchev–Trinajstić information content (AvgIpc) is 2.39. The van der Waals surface area contributed by atoms with E-state index in [2.05, 4.69) is 62.7 Å². The molecule has 1 rings (SSSR count). The third-order valence-electron chi connectivity index (χ3n) is 3.65. The van der Waals surface area contributed by atoms with Gasteiger partial charge < -0.3 is 4.90 Å². The second-order valence-electron chi connectivity index (χ2n) is 5.16. The molecule has 0 radical (unpaired) electrons. The maximum absolute atomic E-state index is 4.14. The highest BCUT2D eigenvalue weighted by atomic mass is 32.2. The second-order valence-corrected chi connectivity index (χ2v) is 6.91. The van der Waals surface area contributed by atoms with E-state index in [1.165, 1.54) is 28.1 Å². The predicted molar refractivity (Wildman–Crippen MR) is 90.5 cm³/mol. The van der Waals surface area contributed by atoms with Gasteiger partial charge in [0.05, 0.1) is 0 Å². The van der Waals surface area contributed by atoms with Crippen molar-refractivity contribution in [3.05, 3.63) is 41.6 Å². The molecule has 0 heterocycles. The Labute approximate surface area is 121 Å². The zero-order valence-corrected chi connectivity index (χ0v) is 13.6. The minimum Gasteiger partial charge on any atom is -0.379 e. The van der Waals surface area contributed by atoms with E-state index in [0.717, 1.165) is 19.4 Å². The van der Waals surface area contributed by atoms with E-state index in [-0.39, 0.29) is 10.5 Å². The second kappa shape index (κ2) is 7.54. The third-order valence-corrected chi connectivity index (χ3v) is 4.71. The highest BCUT2D eigenvalue weighted by Crippen LogP contribution is 2.24. The summed E-state index contributed by atoms with van der Waals surface area (Å²) >= 11 is 0. The van der Waals surface area contributed by atoms with E-state index in [1.807, 2.05) is 0 Å². The molecule has 0 aliphatic heterocycles. The van der Waals surface area contributed by atoms with Crippen molar-refractivity contribution in [3.63, 3.8) is 0 Å². The van der Waals surface area contributed by atoms with Gasteiger partial charge in [-0.25, -0.2) is 0 Å².